The van der Waals surface area contributed by atoms with Gasteiger partial charge in [0.05, 0.1) is 11.4 Å². The molecule has 10 aromatic rings. The number of rotatable bonds is 12. The summed E-state index contributed by atoms with van der Waals surface area (Å²) < 4.78 is 0. The second kappa shape index (κ2) is 20.3. The molecule has 0 spiro atoms. The van der Waals surface area contributed by atoms with Crippen molar-refractivity contribution in [3.8, 4) is 68.3 Å². The van der Waals surface area contributed by atoms with Crippen LogP contribution in [0.15, 0.2) is 170 Å². The van der Waals surface area contributed by atoms with E-state index in [-0.39, 0.29) is 33.0 Å². The van der Waals surface area contributed by atoms with Gasteiger partial charge in [0.25, 0.3) is 23.6 Å². The molecule has 4 amide bonds. The quantitative estimate of drug-likeness (QED) is 0.108. The molecule has 12 heteroatoms. The number of aromatic nitrogens is 6. The van der Waals surface area contributed by atoms with Crippen molar-refractivity contribution in [1.82, 2.24) is 29.9 Å². The summed E-state index contributed by atoms with van der Waals surface area (Å²) in [6, 6.07) is 53.1. The maximum atomic E-state index is 14.6. The Morgan fingerprint density at radius 1 is 0.250 bits per heavy atom. The first-order valence-corrected chi connectivity index (χ1v) is 27.1. The first kappa shape index (κ1) is 51.1. The molecule has 2 aliphatic rings. The Morgan fingerprint density at radius 2 is 0.425 bits per heavy atom. The fraction of sp³-hybridized carbons (Fsp3) is 0.176. The first-order valence-electron chi connectivity index (χ1n) is 27.1. The minimum absolute atomic E-state index is 0.198. The van der Waals surface area contributed by atoms with Gasteiger partial charge in [-0.25, -0.2) is 39.7 Å². The third kappa shape index (κ3) is 9.11. The number of carbonyl (C=O) groups excluding carboxylic acids is 4. The zero-order chi connectivity index (χ0) is 55.7. The Hall–Kier alpha value is -9.68. The summed E-state index contributed by atoms with van der Waals surface area (Å²) in [6.45, 7) is 17.2. The molecule has 0 atom stereocenters. The topological polar surface area (TPSA) is 152 Å². The zero-order valence-electron chi connectivity index (χ0n) is 45.7. The Bertz CT molecular complexity index is 3640. The predicted octanol–water partition coefficient (Wildman–Crippen LogP) is 15.3. The molecular weight excluding hydrogens is 993 g/mol. The molecule has 0 saturated carbocycles. The molecule has 4 heterocycles. The number of anilines is 2. The van der Waals surface area contributed by atoms with Crippen molar-refractivity contribution in [2.45, 2.75) is 79.1 Å². The number of hydrogen-bond donors (Lipinski definition) is 0. The Labute approximate surface area is 464 Å². The second-order valence-electron chi connectivity index (χ2n) is 21.8. The number of amides is 4. The highest BCUT2D eigenvalue weighted by atomic mass is 16.2. The number of hydrogen-bond acceptors (Lipinski definition) is 10. The molecule has 2 aromatic heterocycles. The van der Waals surface area contributed by atoms with Crippen molar-refractivity contribution >= 4 is 45.8 Å². The fourth-order valence-corrected chi connectivity index (χ4v) is 10.5. The lowest BCUT2D eigenvalue weighted by Gasteiger charge is -2.32. The van der Waals surface area contributed by atoms with Crippen LogP contribution in [0, 0.1) is 0 Å². The van der Waals surface area contributed by atoms with E-state index in [0.29, 0.717) is 81.1 Å². The van der Waals surface area contributed by atoms with E-state index in [9.17, 15) is 19.2 Å². The molecule has 80 heavy (non-hydrogen) atoms. The summed E-state index contributed by atoms with van der Waals surface area (Å²) in [6.07, 6.45) is 0. The molecule has 0 aliphatic carbocycles. The number of imide groups is 2. The van der Waals surface area contributed by atoms with Crippen molar-refractivity contribution in [3.05, 3.63) is 214 Å². The molecular formula is C68H56N8O4. The lowest BCUT2D eigenvalue weighted by molar-refractivity contribution is 0.0873. The Morgan fingerprint density at radius 3 is 0.600 bits per heavy atom. The maximum absolute atomic E-state index is 14.6. The van der Waals surface area contributed by atoms with Crippen LogP contribution in [0.4, 0.5) is 11.4 Å². The zero-order valence-corrected chi connectivity index (χ0v) is 45.7. The van der Waals surface area contributed by atoms with Gasteiger partial charge in [-0.3, -0.25) is 19.2 Å². The average Bonchev–Trinajstić information content (AvgIpc) is 3.62. The maximum Gasteiger partial charge on any atom is 0.265 e. The van der Waals surface area contributed by atoms with Gasteiger partial charge in [-0.15, -0.1) is 0 Å². The highest BCUT2D eigenvalue weighted by Crippen LogP contribution is 2.41. The summed E-state index contributed by atoms with van der Waals surface area (Å²) >= 11 is 0. The summed E-state index contributed by atoms with van der Waals surface area (Å²) in [5.41, 5.74) is 11.0. The van der Waals surface area contributed by atoms with E-state index in [2.05, 4.69) is 104 Å². The third-order valence-corrected chi connectivity index (χ3v) is 15.3. The normalized spacial score (nSPS) is 13.2. The summed E-state index contributed by atoms with van der Waals surface area (Å²) in [5.74, 6) is 2.03. The van der Waals surface area contributed by atoms with Crippen LogP contribution in [0.2, 0.25) is 0 Å². The molecule has 0 bridgehead atoms. The molecule has 0 N–H and O–H groups in total. The molecule has 8 aromatic carbocycles. The second-order valence-corrected chi connectivity index (χ2v) is 21.8. The van der Waals surface area contributed by atoms with Gasteiger partial charge in [0.15, 0.2) is 34.9 Å². The smallest absolute Gasteiger partial charge is 0.265 e. The number of nitrogens with zero attached hydrogens (tertiary/aromatic N) is 8. The largest absolute Gasteiger partial charge is 0.268 e. The van der Waals surface area contributed by atoms with Gasteiger partial charge in [0.2, 0.25) is 0 Å². The van der Waals surface area contributed by atoms with E-state index in [4.69, 9.17) is 29.9 Å². The van der Waals surface area contributed by atoms with Crippen LogP contribution in [-0.4, -0.2) is 53.5 Å². The van der Waals surface area contributed by atoms with Gasteiger partial charge in [-0.1, -0.05) is 152 Å². The van der Waals surface area contributed by atoms with Crippen LogP contribution in [-0.2, 0) is 0 Å². The van der Waals surface area contributed by atoms with Gasteiger partial charge in [-0.2, -0.15) is 0 Å². The molecule has 0 fully saturated rings. The van der Waals surface area contributed by atoms with Crippen molar-refractivity contribution in [2.24, 2.45) is 0 Å². The van der Waals surface area contributed by atoms with Crippen molar-refractivity contribution in [3.63, 3.8) is 0 Å². The predicted molar refractivity (Wildman–Crippen MR) is 315 cm³/mol. The van der Waals surface area contributed by atoms with Gasteiger partial charge >= 0.3 is 0 Å². The molecule has 0 radical (unpaired) electrons. The van der Waals surface area contributed by atoms with E-state index >= 15 is 0 Å². The van der Waals surface area contributed by atoms with Crippen LogP contribution < -0.4 is 9.80 Å². The molecule has 2 aliphatic heterocycles. The monoisotopic (exact) mass is 1050 g/mol. The third-order valence-electron chi connectivity index (χ3n) is 15.3. The Kier molecular flexibility index (Phi) is 13.0. The summed E-state index contributed by atoms with van der Waals surface area (Å²) in [7, 11) is 0. The van der Waals surface area contributed by atoms with E-state index in [0.717, 1.165) is 32.1 Å². The van der Waals surface area contributed by atoms with Crippen molar-refractivity contribution < 1.29 is 19.2 Å². The minimum Gasteiger partial charge on any atom is -0.268 e. The molecule has 0 saturated heterocycles. The fourth-order valence-electron chi connectivity index (χ4n) is 10.5. The number of benzene rings is 8. The lowest BCUT2D eigenvalue weighted by Crippen LogP contribution is -2.43. The van der Waals surface area contributed by atoms with Gasteiger partial charge in [0, 0.05) is 66.4 Å². The highest BCUT2D eigenvalue weighted by molar-refractivity contribution is 6.42. The van der Waals surface area contributed by atoms with E-state index in [1.165, 1.54) is 22.3 Å². The van der Waals surface area contributed by atoms with Crippen LogP contribution in [0.25, 0.3) is 79.1 Å². The van der Waals surface area contributed by atoms with Gasteiger partial charge < -0.3 is 0 Å². The van der Waals surface area contributed by atoms with Crippen LogP contribution >= 0.6 is 0 Å². The van der Waals surface area contributed by atoms with Crippen LogP contribution in [0.3, 0.4) is 0 Å². The van der Waals surface area contributed by atoms with Crippen LogP contribution in [0.1, 0.15) is 143 Å². The van der Waals surface area contributed by atoms with Gasteiger partial charge in [-0.05, 0) is 119 Å². The summed E-state index contributed by atoms with van der Waals surface area (Å²) in [5, 5.41) is 0.540. The lowest BCUT2D eigenvalue weighted by atomic mass is 9.85. The van der Waals surface area contributed by atoms with E-state index in [1.807, 2.05) is 48.5 Å². The van der Waals surface area contributed by atoms with Crippen LogP contribution in [0.5, 0.6) is 0 Å². The summed E-state index contributed by atoms with van der Waals surface area (Å²) in [4.78, 5) is 90.2. The average molecular weight is 1050 g/mol. The van der Waals surface area contributed by atoms with E-state index < -0.39 is 23.6 Å². The number of carbonyl (C=O) groups is 4. The molecule has 0 unspecified atom stereocenters. The Balaban J connectivity index is 0.836. The van der Waals surface area contributed by atoms with Gasteiger partial charge in [0.1, 0.15) is 0 Å². The first-order chi connectivity index (χ1) is 38.6. The standard InChI is InChI=1S/C68H56N8O4/c1-37(2)41-9-17-45(18-10-41)59-69-60(46-19-11-42(12-20-46)38(3)4)72-63(71-59)49-25-29-51(30-26-49)75-65(77)53-33-35-55-58-56(36-34-54(57(53)58)66(75)78)68(80)76(67(55)79)52-31-27-50(28-32-52)64-73-61(47-21-13-43(14-22-47)39(5)6)70-62(74-64)48-23-15-44(16-24-48)40(7)8/h9-40H,1-8H3. The molecule has 392 valence electrons. The highest BCUT2D eigenvalue weighted by Gasteiger charge is 2.41. The SMILES string of the molecule is CC(C)c1ccc(-c2nc(-c3ccc(C(C)C)cc3)nc(-c3ccc(N4C(=O)c5ccc6c7c(ccc(c57)C4=O)C(=O)N(c4ccc(-c5nc(-c7ccc(C(C)C)cc7)nc(-c7ccc(C(C)C)cc7)n5)cc4)C6=O)cc3)n2)cc1. The van der Waals surface area contributed by atoms with Crippen molar-refractivity contribution in [1.29, 1.82) is 0 Å². The molecule has 12 nitrogen and oxygen atoms in total. The minimum atomic E-state index is -0.582. The molecule has 12 rings (SSSR count). The van der Waals surface area contributed by atoms with E-state index in [1.54, 1.807) is 72.8 Å². The van der Waals surface area contributed by atoms with Crippen molar-refractivity contribution in [2.75, 3.05) is 9.80 Å².